The lowest BCUT2D eigenvalue weighted by Crippen LogP contribution is -2.42. The second-order valence-corrected chi connectivity index (χ2v) is 11.1. The number of piperidine rings is 1. The molecule has 202 valence electrons. The van der Waals surface area contributed by atoms with Crippen molar-refractivity contribution in [2.45, 2.75) is 30.6 Å². The Hall–Kier alpha value is -2.75. The minimum atomic E-state index is -0.868. The molecule has 0 radical (unpaired) electrons. The highest BCUT2D eigenvalue weighted by atomic mass is 35.5. The fourth-order valence-electron chi connectivity index (χ4n) is 5.10. The van der Waals surface area contributed by atoms with Crippen molar-refractivity contribution in [3.05, 3.63) is 64.8 Å². The summed E-state index contributed by atoms with van der Waals surface area (Å²) in [4.78, 5) is 31.9. The van der Waals surface area contributed by atoms with Crippen LogP contribution in [-0.2, 0) is 4.79 Å². The Kier molecular flexibility index (Phi) is 9.57. The number of ether oxygens (including phenoxy) is 1. The molecular weight excluding hydrogens is 534 g/mol. The third kappa shape index (κ3) is 7.21. The third-order valence-electron chi connectivity index (χ3n) is 6.97. The van der Waals surface area contributed by atoms with Gasteiger partial charge in [-0.15, -0.1) is 11.8 Å². The van der Waals surface area contributed by atoms with E-state index in [4.69, 9.17) is 16.3 Å². The van der Waals surface area contributed by atoms with E-state index in [1.807, 2.05) is 0 Å². The van der Waals surface area contributed by atoms with Gasteiger partial charge in [0, 0.05) is 59.8 Å². The smallest absolute Gasteiger partial charge is 0.303 e. The number of carbonyl (C=O) groups is 2. The SMILES string of the molecule is COc1ccc2ncc(Cl)c(C(=O)CCC3CCN(CCSc4cc(F)cc(F)c4)CC3CC(=O)O)c2c1. The minimum absolute atomic E-state index is 0.0216. The Morgan fingerprint density at radius 3 is 2.66 bits per heavy atom. The van der Waals surface area contributed by atoms with E-state index in [0.717, 1.165) is 19.0 Å². The molecule has 1 N–H and O–H groups in total. The van der Waals surface area contributed by atoms with Crippen LogP contribution in [0.15, 0.2) is 47.5 Å². The predicted molar refractivity (Wildman–Crippen MR) is 144 cm³/mol. The number of hydrogen-bond acceptors (Lipinski definition) is 6. The van der Waals surface area contributed by atoms with E-state index in [-0.39, 0.29) is 35.5 Å². The van der Waals surface area contributed by atoms with Crippen LogP contribution in [0.4, 0.5) is 8.78 Å². The number of rotatable bonds is 11. The van der Waals surface area contributed by atoms with E-state index in [2.05, 4.69) is 9.88 Å². The van der Waals surface area contributed by atoms with E-state index in [9.17, 15) is 23.5 Å². The zero-order valence-electron chi connectivity index (χ0n) is 21.0. The van der Waals surface area contributed by atoms with E-state index in [0.29, 0.717) is 52.4 Å². The highest BCUT2D eigenvalue weighted by Crippen LogP contribution is 2.33. The number of pyridine rings is 1. The van der Waals surface area contributed by atoms with Crippen LogP contribution in [0.2, 0.25) is 5.02 Å². The number of fused-ring (bicyclic) bond motifs is 1. The van der Waals surface area contributed by atoms with Crippen molar-refractivity contribution in [2.75, 3.05) is 32.5 Å². The Bertz CT molecular complexity index is 1310. The molecule has 2 unspecified atom stereocenters. The maximum atomic E-state index is 13.4. The van der Waals surface area contributed by atoms with Gasteiger partial charge < -0.3 is 14.7 Å². The average Bonchev–Trinajstić information content (AvgIpc) is 2.86. The molecule has 2 heterocycles. The largest absolute Gasteiger partial charge is 0.497 e. The molecule has 6 nitrogen and oxygen atoms in total. The zero-order chi connectivity index (χ0) is 27.2. The summed E-state index contributed by atoms with van der Waals surface area (Å²) in [5, 5.41) is 10.4. The number of methoxy groups -OCH3 is 1. The van der Waals surface area contributed by atoms with E-state index < -0.39 is 17.6 Å². The van der Waals surface area contributed by atoms with Crippen molar-refractivity contribution in [2.24, 2.45) is 11.8 Å². The summed E-state index contributed by atoms with van der Waals surface area (Å²) in [5.41, 5.74) is 1.06. The number of benzene rings is 2. The van der Waals surface area contributed by atoms with Crippen LogP contribution in [0, 0.1) is 23.5 Å². The second kappa shape index (κ2) is 12.9. The molecule has 2 atom stereocenters. The number of likely N-dealkylation sites (tertiary alicyclic amines) is 1. The first kappa shape index (κ1) is 28.3. The maximum Gasteiger partial charge on any atom is 0.303 e. The second-order valence-electron chi connectivity index (χ2n) is 9.49. The molecule has 1 fully saturated rings. The van der Waals surface area contributed by atoms with E-state index in [1.165, 1.54) is 30.1 Å². The molecule has 0 spiro atoms. The van der Waals surface area contributed by atoms with Crippen LogP contribution >= 0.6 is 23.4 Å². The first-order valence-electron chi connectivity index (χ1n) is 12.4. The third-order valence-corrected chi connectivity index (χ3v) is 8.22. The Morgan fingerprint density at radius 2 is 1.95 bits per heavy atom. The summed E-state index contributed by atoms with van der Waals surface area (Å²) >= 11 is 7.76. The van der Waals surface area contributed by atoms with Gasteiger partial charge in [-0.25, -0.2) is 8.78 Å². The number of hydrogen-bond donors (Lipinski definition) is 1. The van der Waals surface area contributed by atoms with Gasteiger partial charge >= 0.3 is 5.97 Å². The number of carboxylic acids is 1. The lowest BCUT2D eigenvalue weighted by atomic mass is 9.79. The summed E-state index contributed by atoms with van der Waals surface area (Å²) in [6.45, 7) is 2.04. The van der Waals surface area contributed by atoms with E-state index >= 15 is 0 Å². The zero-order valence-corrected chi connectivity index (χ0v) is 22.5. The van der Waals surface area contributed by atoms with Gasteiger partial charge in [0.15, 0.2) is 5.78 Å². The van der Waals surface area contributed by atoms with Crippen molar-refractivity contribution in [3.8, 4) is 5.75 Å². The molecule has 3 aromatic rings. The normalized spacial score (nSPS) is 18.0. The van der Waals surface area contributed by atoms with Gasteiger partial charge in [0.2, 0.25) is 0 Å². The molecule has 0 bridgehead atoms. The number of ketones is 1. The fraction of sp³-hybridized carbons (Fsp3) is 0.393. The summed E-state index contributed by atoms with van der Waals surface area (Å²) in [5.74, 6) is -0.977. The molecule has 0 aliphatic carbocycles. The highest BCUT2D eigenvalue weighted by Gasteiger charge is 2.31. The molecule has 38 heavy (non-hydrogen) atoms. The monoisotopic (exact) mass is 562 g/mol. The molecule has 10 heteroatoms. The number of carbonyl (C=O) groups excluding carboxylic acids is 1. The Balaban J connectivity index is 1.38. The van der Waals surface area contributed by atoms with Crippen LogP contribution < -0.4 is 4.74 Å². The van der Waals surface area contributed by atoms with Crippen molar-refractivity contribution in [1.82, 2.24) is 9.88 Å². The summed E-state index contributed by atoms with van der Waals surface area (Å²) in [7, 11) is 1.55. The number of carboxylic acid groups (broad SMARTS) is 1. The summed E-state index contributed by atoms with van der Waals surface area (Å²) in [6.07, 6.45) is 3.08. The van der Waals surface area contributed by atoms with Crippen LogP contribution in [0.25, 0.3) is 10.9 Å². The van der Waals surface area contributed by atoms with Gasteiger partial charge in [-0.3, -0.25) is 14.6 Å². The summed E-state index contributed by atoms with van der Waals surface area (Å²) < 4.78 is 32.2. The van der Waals surface area contributed by atoms with Crippen molar-refractivity contribution < 1.29 is 28.2 Å². The molecule has 1 aliphatic rings. The first-order chi connectivity index (χ1) is 18.2. The van der Waals surface area contributed by atoms with Gasteiger partial charge in [-0.05, 0) is 61.6 Å². The molecule has 1 aliphatic heterocycles. The quantitative estimate of drug-likeness (QED) is 0.216. The van der Waals surface area contributed by atoms with Gasteiger partial charge in [-0.2, -0.15) is 0 Å². The molecule has 1 aromatic heterocycles. The van der Waals surface area contributed by atoms with Crippen molar-refractivity contribution in [1.29, 1.82) is 0 Å². The van der Waals surface area contributed by atoms with Crippen LogP contribution in [0.3, 0.4) is 0 Å². The lowest BCUT2D eigenvalue weighted by molar-refractivity contribution is -0.139. The van der Waals surface area contributed by atoms with Crippen LogP contribution in [0.1, 0.15) is 36.0 Å². The Labute approximate surface area is 229 Å². The number of Topliss-reactive ketones (excluding diaryl/α,β-unsaturated/α-hetero) is 1. The average molecular weight is 563 g/mol. The Morgan fingerprint density at radius 1 is 1.18 bits per heavy atom. The molecular formula is C28H29ClF2N2O4S. The maximum absolute atomic E-state index is 13.4. The minimum Gasteiger partial charge on any atom is -0.497 e. The lowest BCUT2D eigenvalue weighted by Gasteiger charge is -2.38. The number of aromatic nitrogens is 1. The topological polar surface area (TPSA) is 79.7 Å². The van der Waals surface area contributed by atoms with Gasteiger partial charge in [0.05, 0.1) is 17.6 Å². The molecule has 1 saturated heterocycles. The van der Waals surface area contributed by atoms with Crippen LogP contribution in [0.5, 0.6) is 5.75 Å². The number of halogens is 3. The first-order valence-corrected chi connectivity index (χ1v) is 13.8. The highest BCUT2D eigenvalue weighted by molar-refractivity contribution is 7.99. The molecule has 4 rings (SSSR count). The number of thioether (sulfide) groups is 1. The molecule has 0 amide bonds. The van der Waals surface area contributed by atoms with Crippen molar-refractivity contribution in [3.63, 3.8) is 0 Å². The fourth-order valence-corrected chi connectivity index (χ4v) is 6.33. The van der Waals surface area contributed by atoms with Crippen molar-refractivity contribution >= 4 is 46.0 Å². The van der Waals surface area contributed by atoms with Crippen LogP contribution in [-0.4, -0.2) is 59.2 Å². The summed E-state index contributed by atoms with van der Waals surface area (Å²) in [6, 6.07) is 8.76. The predicted octanol–water partition coefficient (Wildman–Crippen LogP) is 6.34. The molecule has 0 saturated carbocycles. The van der Waals surface area contributed by atoms with Gasteiger partial charge in [0.25, 0.3) is 0 Å². The van der Waals surface area contributed by atoms with Gasteiger partial charge in [-0.1, -0.05) is 11.6 Å². The number of nitrogens with zero attached hydrogens (tertiary/aromatic N) is 2. The standard InChI is InChI=1S/C28H29ClF2N2O4S/c1-37-21-3-4-25-23(14-21)28(24(29)15-32-25)26(34)5-2-17-6-7-33(16-18(17)10-27(35)36)8-9-38-22-12-19(30)11-20(31)13-22/h3-4,11-15,17-18H,2,5-10,16H2,1H3,(H,35,36). The van der Waals surface area contributed by atoms with Gasteiger partial charge in [0.1, 0.15) is 17.4 Å². The molecule has 2 aromatic carbocycles. The number of aliphatic carboxylic acids is 1. The van der Waals surface area contributed by atoms with E-state index in [1.54, 1.807) is 25.3 Å².